The highest BCUT2D eigenvalue weighted by molar-refractivity contribution is 6.28. The van der Waals surface area contributed by atoms with Gasteiger partial charge >= 0.3 is 12.0 Å². The van der Waals surface area contributed by atoms with Crippen LogP contribution in [-0.4, -0.2) is 60.6 Å². The van der Waals surface area contributed by atoms with Crippen LogP contribution in [0.4, 0.5) is 5.69 Å². The molecule has 1 aliphatic heterocycles. The zero-order valence-corrected chi connectivity index (χ0v) is 23.5. The van der Waals surface area contributed by atoms with Gasteiger partial charge in [0.25, 0.3) is 0 Å². The maximum absolute atomic E-state index is 12.0. The Balaban J connectivity index is 1.32. The van der Waals surface area contributed by atoms with Crippen LogP contribution >= 0.6 is 11.6 Å². The summed E-state index contributed by atoms with van der Waals surface area (Å²) in [5, 5.41) is 8.75. The van der Waals surface area contributed by atoms with Crippen LogP contribution in [0.2, 0.25) is 5.28 Å². The van der Waals surface area contributed by atoms with E-state index in [0.717, 1.165) is 68.0 Å². The van der Waals surface area contributed by atoms with Crippen LogP contribution in [0, 0.1) is 5.92 Å². The van der Waals surface area contributed by atoms with Gasteiger partial charge in [0.1, 0.15) is 23.8 Å². The first-order valence-electron chi connectivity index (χ1n) is 13.8. The molecule has 12 heteroatoms. The number of piperidine rings is 1. The van der Waals surface area contributed by atoms with Crippen LogP contribution in [0.3, 0.4) is 0 Å². The highest BCUT2D eigenvalue weighted by atomic mass is 35.5. The molecule has 0 radical (unpaired) electrons. The summed E-state index contributed by atoms with van der Waals surface area (Å²) in [5.41, 5.74) is 4.21. The molecule has 5 rings (SSSR count). The predicted octanol–water partition coefficient (Wildman–Crippen LogP) is 4.29. The first-order valence-corrected chi connectivity index (χ1v) is 14.2. The van der Waals surface area contributed by atoms with E-state index in [1.54, 1.807) is 4.68 Å². The van der Waals surface area contributed by atoms with Gasteiger partial charge in [-0.15, -0.1) is 5.10 Å². The van der Waals surface area contributed by atoms with Gasteiger partial charge in [0.05, 0.1) is 30.1 Å². The lowest BCUT2D eigenvalue weighted by molar-refractivity contribution is -0.144. The number of hydrogen-bond donors (Lipinski definition) is 0. The van der Waals surface area contributed by atoms with Crippen molar-refractivity contribution >= 4 is 23.3 Å². The van der Waals surface area contributed by atoms with Gasteiger partial charge in [0.2, 0.25) is 5.28 Å². The summed E-state index contributed by atoms with van der Waals surface area (Å²) < 4.78 is 12.8. The van der Waals surface area contributed by atoms with Crippen molar-refractivity contribution < 1.29 is 14.3 Å². The van der Waals surface area contributed by atoms with E-state index in [1.165, 1.54) is 6.42 Å². The second-order valence-electron chi connectivity index (χ2n) is 10.1. The van der Waals surface area contributed by atoms with Crippen molar-refractivity contribution in [2.45, 2.75) is 71.3 Å². The molecule has 208 valence electrons. The van der Waals surface area contributed by atoms with Gasteiger partial charge in [-0.25, -0.2) is 14.6 Å². The lowest BCUT2D eigenvalue weighted by Gasteiger charge is -2.35. The predicted molar refractivity (Wildman–Crippen MR) is 146 cm³/mol. The Morgan fingerprint density at radius 3 is 2.69 bits per heavy atom. The number of carbonyl (C=O) groups is 1. The summed E-state index contributed by atoms with van der Waals surface area (Å²) >= 11 is 6.15. The molecule has 2 aliphatic rings. The number of carbonyl (C=O) groups excluding carboxylic acids is 1. The summed E-state index contributed by atoms with van der Waals surface area (Å²) in [4.78, 5) is 32.3. The Morgan fingerprint density at radius 1 is 1.10 bits per heavy atom. The number of hydrogen-bond acceptors (Lipinski definition) is 10. The third kappa shape index (κ3) is 6.29. The third-order valence-electron chi connectivity index (χ3n) is 7.50. The minimum absolute atomic E-state index is 0.121. The monoisotopic (exact) mass is 554 g/mol. The average molecular weight is 555 g/mol. The van der Waals surface area contributed by atoms with Gasteiger partial charge in [0.15, 0.2) is 0 Å². The second kappa shape index (κ2) is 12.2. The maximum Gasteiger partial charge on any atom is 0.321 e. The van der Waals surface area contributed by atoms with Crippen molar-refractivity contribution in [2.24, 2.45) is 13.0 Å². The normalized spacial score (nSPS) is 17.6. The van der Waals surface area contributed by atoms with E-state index in [-0.39, 0.29) is 29.8 Å². The lowest BCUT2D eigenvalue weighted by Crippen LogP contribution is -2.37. The van der Waals surface area contributed by atoms with Crippen molar-refractivity contribution in [3.63, 3.8) is 0 Å². The molecular formula is C27H35ClN8O3. The number of aromatic nitrogens is 7. The molecular weight excluding hydrogens is 520 g/mol. The first-order chi connectivity index (χ1) is 18.9. The molecule has 4 heterocycles. The van der Waals surface area contributed by atoms with Crippen LogP contribution in [0.1, 0.15) is 75.5 Å². The van der Waals surface area contributed by atoms with E-state index in [1.807, 2.05) is 20.0 Å². The number of esters is 1. The van der Waals surface area contributed by atoms with Gasteiger partial charge in [-0.3, -0.25) is 4.79 Å². The number of aryl methyl sites for hydroxylation is 2. The molecule has 0 amide bonds. The van der Waals surface area contributed by atoms with E-state index in [2.05, 4.69) is 43.2 Å². The molecule has 3 aromatic heterocycles. The Hall–Kier alpha value is -3.34. The van der Waals surface area contributed by atoms with Crippen LogP contribution in [0.15, 0.2) is 12.1 Å². The average Bonchev–Trinajstić information content (AvgIpc) is 3.26. The first kappa shape index (κ1) is 27.2. The molecule has 1 aliphatic carbocycles. The molecule has 11 nitrogen and oxygen atoms in total. The minimum Gasteiger partial charge on any atom is -0.466 e. The SMILES string of the molecule is CCOC(=O)C[C@H]1CCCN(c2ccc(-c3nnn(C)c3COc3nc(Cl)nc(C4CCC4)n3)nc2CC)C1. The smallest absolute Gasteiger partial charge is 0.321 e. The fraction of sp³-hybridized carbons (Fsp3) is 0.593. The molecule has 39 heavy (non-hydrogen) atoms. The highest BCUT2D eigenvalue weighted by Crippen LogP contribution is 2.35. The fourth-order valence-electron chi connectivity index (χ4n) is 5.21. The van der Waals surface area contributed by atoms with Crippen molar-refractivity contribution in [1.29, 1.82) is 0 Å². The molecule has 3 aromatic rings. The highest BCUT2D eigenvalue weighted by Gasteiger charge is 2.26. The topological polar surface area (TPSA) is 121 Å². The molecule has 1 saturated carbocycles. The van der Waals surface area contributed by atoms with Crippen LogP contribution < -0.4 is 9.64 Å². The number of nitrogens with zero attached hydrogens (tertiary/aromatic N) is 8. The van der Waals surface area contributed by atoms with Gasteiger partial charge in [-0.05, 0) is 68.7 Å². The van der Waals surface area contributed by atoms with Crippen molar-refractivity contribution in [2.75, 3.05) is 24.6 Å². The number of anilines is 1. The number of ether oxygens (including phenoxy) is 2. The number of pyridine rings is 1. The maximum atomic E-state index is 12.0. The van der Waals surface area contributed by atoms with Gasteiger partial charge in [-0.1, -0.05) is 18.6 Å². The zero-order chi connectivity index (χ0) is 27.4. The molecule has 1 atom stereocenters. The molecule has 1 saturated heterocycles. The van der Waals surface area contributed by atoms with Crippen molar-refractivity contribution in [3.8, 4) is 17.4 Å². The number of halogens is 1. The standard InChI is InChI=1S/C27H35ClN8O3/c1-4-19-21(36-13-7-8-17(15-36)14-23(37)38-5-2)12-11-20(29-19)24-22(35(3)34-33-24)16-39-27-31-25(18-9-6-10-18)30-26(28)32-27/h11-12,17-18H,4-10,13-16H2,1-3H3/t17-/m1/s1. The lowest BCUT2D eigenvalue weighted by atomic mass is 9.85. The van der Waals surface area contributed by atoms with E-state index in [9.17, 15) is 4.79 Å². The van der Waals surface area contributed by atoms with Crippen LogP contribution in [-0.2, 0) is 29.6 Å². The number of rotatable bonds is 10. The Bertz CT molecular complexity index is 1310. The van der Waals surface area contributed by atoms with Crippen molar-refractivity contribution in [3.05, 3.63) is 34.6 Å². The molecule has 0 aromatic carbocycles. The Morgan fingerprint density at radius 2 is 1.95 bits per heavy atom. The fourth-order valence-corrected chi connectivity index (χ4v) is 5.37. The van der Waals surface area contributed by atoms with Gasteiger partial charge in [0, 0.05) is 26.1 Å². The molecule has 2 fully saturated rings. The molecule has 0 N–H and O–H groups in total. The molecule has 0 spiro atoms. The van der Waals surface area contributed by atoms with Crippen molar-refractivity contribution in [1.82, 2.24) is 34.9 Å². The Labute approximate surface area is 233 Å². The summed E-state index contributed by atoms with van der Waals surface area (Å²) in [6.45, 7) is 6.27. The van der Waals surface area contributed by atoms with E-state index in [4.69, 9.17) is 26.1 Å². The Kier molecular flexibility index (Phi) is 8.54. The molecule has 0 unspecified atom stereocenters. The quantitative estimate of drug-likeness (QED) is 0.335. The van der Waals surface area contributed by atoms with E-state index in [0.29, 0.717) is 30.5 Å². The summed E-state index contributed by atoms with van der Waals surface area (Å²) in [7, 11) is 1.82. The minimum atomic E-state index is -0.121. The third-order valence-corrected chi connectivity index (χ3v) is 7.67. The summed E-state index contributed by atoms with van der Waals surface area (Å²) in [5.74, 6) is 1.16. The van der Waals surface area contributed by atoms with Crippen LogP contribution in [0.5, 0.6) is 6.01 Å². The second-order valence-corrected chi connectivity index (χ2v) is 10.5. The van der Waals surface area contributed by atoms with E-state index < -0.39 is 0 Å². The van der Waals surface area contributed by atoms with Crippen LogP contribution in [0.25, 0.3) is 11.4 Å². The van der Waals surface area contributed by atoms with Gasteiger partial charge < -0.3 is 14.4 Å². The van der Waals surface area contributed by atoms with Gasteiger partial charge in [-0.2, -0.15) is 9.97 Å². The summed E-state index contributed by atoms with van der Waals surface area (Å²) in [6, 6.07) is 4.28. The zero-order valence-electron chi connectivity index (χ0n) is 22.8. The molecule has 0 bridgehead atoms. The largest absolute Gasteiger partial charge is 0.466 e. The van der Waals surface area contributed by atoms with E-state index >= 15 is 0 Å². The summed E-state index contributed by atoms with van der Waals surface area (Å²) in [6.07, 6.45) is 6.56.